The Morgan fingerprint density at radius 1 is 0.956 bits per heavy atom. The van der Waals surface area contributed by atoms with E-state index in [2.05, 4.69) is 4.90 Å². The smallest absolute Gasteiger partial charge is 0.232 e. The molecule has 3 aromatic rings. The zero-order valence-electron chi connectivity index (χ0n) is 26.5. The van der Waals surface area contributed by atoms with Crippen LogP contribution in [0.25, 0.3) is 0 Å². The summed E-state index contributed by atoms with van der Waals surface area (Å²) < 4.78 is 17.3. The van der Waals surface area contributed by atoms with Gasteiger partial charge in [0.2, 0.25) is 5.91 Å². The molecule has 0 aliphatic carbocycles. The topological polar surface area (TPSA) is 71.5 Å². The maximum Gasteiger partial charge on any atom is 0.232 e. The predicted molar refractivity (Wildman–Crippen MR) is 175 cm³/mol. The van der Waals surface area contributed by atoms with Crippen molar-refractivity contribution in [3.05, 3.63) is 87.9 Å². The summed E-state index contributed by atoms with van der Waals surface area (Å²) in [5.41, 5.74) is 3.56. The lowest BCUT2D eigenvalue weighted by molar-refractivity contribution is -0.118. The van der Waals surface area contributed by atoms with Gasteiger partial charge in [0.15, 0.2) is 11.5 Å². The second-order valence-corrected chi connectivity index (χ2v) is 14.1. The first-order chi connectivity index (χ1) is 21.6. The number of hydrogen-bond donors (Lipinski definition) is 1. The van der Waals surface area contributed by atoms with Crippen LogP contribution >= 0.6 is 11.6 Å². The van der Waals surface area contributed by atoms with Crippen LogP contribution in [0.15, 0.2) is 60.7 Å². The van der Waals surface area contributed by atoms with Gasteiger partial charge in [-0.2, -0.15) is 0 Å². The lowest BCUT2D eigenvalue weighted by Crippen LogP contribution is -2.58. The van der Waals surface area contributed by atoms with Gasteiger partial charge >= 0.3 is 0 Å². The molecule has 45 heavy (non-hydrogen) atoms. The maximum absolute atomic E-state index is 14.0. The highest BCUT2D eigenvalue weighted by Crippen LogP contribution is 2.48. The molecule has 0 spiro atoms. The minimum Gasteiger partial charge on any atom is -0.493 e. The lowest BCUT2D eigenvalue weighted by atomic mass is 9.74. The Hall–Kier alpha value is -3.10. The third-order valence-electron chi connectivity index (χ3n) is 10.5. The van der Waals surface area contributed by atoms with Gasteiger partial charge in [-0.05, 0) is 111 Å². The third kappa shape index (κ3) is 5.52. The van der Waals surface area contributed by atoms with Gasteiger partial charge in [0.25, 0.3) is 0 Å². The molecule has 4 aliphatic heterocycles. The van der Waals surface area contributed by atoms with Crippen LogP contribution in [0.2, 0.25) is 5.02 Å². The number of amides is 1. The number of halogens is 1. The molecular formula is C37H43ClN2O5. The number of fused-ring (bicyclic) bond motifs is 3. The standard InChI is InChI=1S/C37H43ClN2O5/c1-22(2)45-34-19-32-24(15-33(34)43-4)16-35(41)40(36(32)23-5-9-27(38)10-6-23)28-11-7-25(8-12-28)37(3,42)26-17-29-13-14-30(18-26)39(29)31-20-44-21-31/h5-12,15,19,22,26,29-31,36,42H,13-14,16-18,20-21H2,1-4H3/t26?,29?,30?,36-,37?/m0/s1. The molecule has 4 atom stereocenters. The largest absolute Gasteiger partial charge is 0.493 e. The van der Waals surface area contributed by atoms with Gasteiger partial charge in [-0.1, -0.05) is 35.9 Å². The van der Waals surface area contributed by atoms with Gasteiger partial charge in [0.05, 0.1) is 50.5 Å². The van der Waals surface area contributed by atoms with Gasteiger partial charge in [-0.15, -0.1) is 0 Å². The van der Waals surface area contributed by atoms with Crippen LogP contribution in [0.1, 0.15) is 74.8 Å². The number of carbonyl (C=O) groups excluding carboxylic acids is 1. The molecule has 4 heterocycles. The first kappa shape index (κ1) is 30.5. The minimum atomic E-state index is -0.963. The monoisotopic (exact) mass is 630 g/mol. The fourth-order valence-electron chi connectivity index (χ4n) is 8.19. The van der Waals surface area contributed by atoms with Crippen LogP contribution in [0.4, 0.5) is 5.69 Å². The number of nitrogens with zero attached hydrogens (tertiary/aromatic N) is 2. The molecule has 7 nitrogen and oxygen atoms in total. The first-order valence-corrected chi connectivity index (χ1v) is 16.6. The van der Waals surface area contributed by atoms with Crippen molar-refractivity contribution < 1.29 is 24.1 Å². The van der Waals surface area contributed by atoms with E-state index in [0.29, 0.717) is 34.6 Å². The highest BCUT2D eigenvalue weighted by Gasteiger charge is 2.50. The van der Waals surface area contributed by atoms with Gasteiger partial charge in [0, 0.05) is 22.8 Å². The van der Waals surface area contributed by atoms with Crippen molar-refractivity contribution in [2.75, 3.05) is 25.2 Å². The molecule has 0 aromatic heterocycles. The van der Waals surface area contributed by atoms with Crippen molar-refractivity contribution in [2.45, 2.75) is 88.7 Å². The normalized spacial score (nSPS) is 26.4. The van der Waals surface area contributed by atoms with E-state index in [0.717, 1.165) is 54.0 Å². The summed E-state index contributed by atoms with van der Waals surface area (Å²) in [7, 11) is 1.62. The van der Waals surface area contributed by atoms with Gasteiger partial charge in [-0.3, -0.25) is 9.69 Å². The van der Waals surface area contributed by atoms with Crippen molar-refractivity contribution in [3.8, 4) is 11.5 Å². The second kappa shape index (κ2) is 11.9. The number of anilines is 1. The van der Waals surface area contributed by atoms with Crippen molar-refractivity contribution in [2.24, 2.45) is 5.92 Å². The number of carbonyl (C=O) groups is 1. The Morgan fingerprint density at radius 2 is 1.62 bits per heavy atom. The van der Waals surface area contributed by atoms with Crippen molar-refractivity contribution in [1.29, 1.82) is 0 Å². The van der Waals surface area contributed by atoms with Crippen LogP contribution in [-0.4, -0.2) is 60.5 Å². The number of benzene rings is 3. The summed E-state index contributed by atoms with van der Waals surface area (Å²) in [4.78, 5) is 18.5. The van der Waals surface area contributed by atoms with E-state index in [1.54, 1.807) is 7.11 Å². The number of methoxy groups -OCH3 is 1. The van der Waals surface area contributed by atoms with Gasteiger partial charge in [0.1, 0.15) is 0 Å². The van der Waals surface area contributed by atoms with Crippen LogP contribution in [0.3, 0.4) is 0 Å². The molecule has 3 unspecified atom stereocenters. The Bertz CT molecular complexity index is 1540. The molecule has 0 saturated carbocycles. The predicted octanol–water partition coefficient (Wildman–Crippen LogP) is 6.66. The molecule has 1 N–H and O–H groups in total. The van der Waals surface area contributed by atoms with Crippen molar-refractivity contribution >= 4 is 23.2 Å². The van der Waals surface area contributed by atoms with Crippen LogP contribution in [-0.2, 0) is 21.6 Å². The average Bonchev–Trinajstić information content (AvgIpc) is 3.22. The lowest BCUT2D eigenvalue weighted by Gasteiger charge is -2.49. The Labute approximate surface area is 271 Å². The molecular weight excluding hydrogens is 588 g/mol. The zero-order valence-corrected chi connectivity index (χ0v) is 27.3. The third-order valence-corrected chi connectivity index (χ3v) is 10.7. The Balaban J connectivity index is 1.21. The SMILES string of the molecule is COc1cc2c(cc1OC(C)C)[C@H](c1ccc(Cl)cc1)N(c1ccc(C(C)(O)C3CC4CCC(C3)N4C3COC3)cc1)C(=O)C2. The summed E-state index contributed by atoms with van der Waals surface area (Å²) in [5.74, 6) is 1.43. The number of ether oxygens (including phenoxy) is 3. The van der Waals surface area contributed by atoms with Crippen LogP contribution in [0.5, 0.6) is 11.5 Å². The fraction of sp³-hybridized carbons (Fsp3) is 0.486. The molecule has 4 aliphatic rings. The first-order valence-electron chi connectivity index (χ1n) is 16.3. The molecule has 0 radical (unpaired) electrons. The Kier molecular flexibility index (Phi) is 8.09. The van der Waals surface area contributed by atoms with E-state index in [4.69, 9.17) is 25.8 Å². The van der Waals surface area contributed by atoms with E-state index in [1.807, 2.05) is 86.3 Å². The maximum atomic E-state index is 14.0. The molecule has 3 fully saturated rings. The summed E-state index contributed by atoms with van der Waals surface area (Å²) in [6, 6.07) is 20.8. The van der Waals surface area contributed by atoms with Gasteiger partial charge < -0.3 is 24.2 Å². The summed E-state index contributed by atoms with van der Waals surface area (Å²) in [5, 5.41) is 12.6. The van der Waals surface area contributed by atoms with Crippen LogP contribution < -0.4 is 14.4 Å². The number of rotatable bonds is 8. The van der Waals surface area contributed by atoms with Crippen molar-refractivity contribution in [1.82, 2.24) is 4.90 Å². The average molecular weight is 631 g/mol. The van der Waals surface area contributed by atoms with E-state index >= 15 is 0 Å². The molecule has 3 saturated heterocycles. The quantitative estimate of drug-likeness (QED) is 0.300. The van der Waals surface area contributed by atoms with Crippen molar-refractivity contribution in [3.63, 3.8) is 0 Å². The highest BCUT2D eigenvalue weighted by molar-refractivity contribution is 6.30. The Morgan fingerprint density at radius 3 is 2.20 bits per heavy atom. The van der Waals surface area contributed by atoms with E-state index in [-0.39, 0.29) is 30.4 Å². The molecule has 3 aromatic carbocycles. The second-order valence-electron chi connectivity index (χ2n) is 13.6. The van der Waals surface area contributed by atoms with E-state index in [1.165, 1.54) is 12.8 Å². The summed E-state index contributed by atoms with van der Waals surface area (Å²) in [6.45, 7) is 7.62. The summed E-state index contributed by atoms with van der Waals surface area (Å²) in [6.07, 6.45) is 4.59. The molecule has 7 rings (SSSR count). The molecule has 2 bridgehead atoms. The molecule has 8 heteroatoms. The fourth-order valence-corrected chi connectivity index (χ4v) is 8.31. The van der Waals surface area contributed by atoms with E-state index < -0.39 is 5.60 Å². The number of piperidine rings is 1. The highest BCUT2D eigenvalue weighted by atomic mass is 35.5. The number of hydrogen-bond acceptors (Lipinski definition) is 6. The zero-order chi connectivity index (χ0) is 31.5. The molecule has 238 valence electrons. The molecule has 1 amide bonds. The summed E-state index contributed by atoms with van der Waals surface area (Å²) >= 11 is 6.29. The number of aliphatic hydroxyl groups is 1. The minimum absolute atomic E-state index is 0.00883. The van der Waals surface area contributed by atoms with Crippen LogP contribution in [0, 0.1) is 5.92 Å². The van der Waals surface area contributed by atoms with E-state index in [9.17, 15) is 9.90 Å². The van der Waals surface area contributed by atoms with Gasteiger partial charge in [-0.25, -0.2) is 0 Å².